The van der Waals surface area contributed by atoms with Gasteiger partial charge in [0.25, 0.3) is 0 Å². The summed E-state index contributed by atoms with van der Waals surface area (Å²) in [7, 11) is 2.12. The molecule has 0 saturated carbocycles. The smallest absolute Gasteiger partial charge is 0.0550 e. The molecule has 0 atom stereocenters. The van der Waals surface area contributed by atoms with Crippen LogP contribution in [0.5, 0.6) is 0 Å². The maximum Gasteiger partial charge on any atom is 0.0550 e. The molecule has 154 valence electrons. The fourth-order valence-corrected chi connectivity index (χ4v) is 6.12. The second-order valence-electron chi connectivity index (χ2n) is 7.82. The number of rotatable bonds is 0. The number of aryl methyl sites for hydroxylation is 2. The van der Waals surface area contributed by atoms with E-state index in [2.05, 4.69) is 116 Å². The van der Waals surface area contributed by atoms with Gasteiger partial charge in [0.2, 0.25) is 0 Å². The summed E-state index contributed by atoms with van der Waals surface area (Å²) in [4.78, 5) is 7.55. The molecular weight excluding hydrogens is 416 g/mol. The minimum atomic E-state index is 1.21. The van der Waals surface area contributed by atoms with Crippen molar-refractivity contribution in [3.8, 4) is 0 Å². The third-order valence-electron chi connectivity index (χ3n) is 5.44. The molecule has 0 amide bonds. The average Bonchev–Trinajstić information content (AvgIpc) is 2.78. The van der Waals surface area contributed by atoms with Crippen LogP contribution in [0.15, 0.2) is 105 Å². The molecule has 0 bridgehead atoms. The van der Waals surface area contributed by atoms with Gasteiger partial charge >= 0.3 is 0 Å². The van der Waals surface area contributed by atoms with Gasteiger partial charge in [0.05, 0.1) is 22.7 Å². The van der Waals surface area contributed by atoms with Crippen LogP contribution in [-0.4, -0.2) is 7.05 Å². The summed E-state index contributed by atoms with van der Waals surface area (Å²) in [6.45, 7) is 4.26. The number of hydrogen-bond donors (Lipinski definition) is 1. The minimum Gasteiger partial charge on any atom is -0.354 e. The number of fused-ring (bicyclic) bond motifs is 4. The zero-order valence-corrected chi connectivity index (χ0v) is 19.5. The molecule has 1 N–H and O–H groups in total. The Morgan fingerprint density at radius 3 is 1.55 bits per heavy atom. The van der Waals surface area contributed by atoms with Crippen LogP contribution in [0.4, 0.5) is 22.7 Å². The van der Waals surface area contributed by atoms with Gasteiger partial charge in [-0.15, -0.1) is 0 Å². The number of para-hydroxylation sites is 2. The Morgan fingerprint density at radius 1 is 0.581 bits per heavy atom. The van der Waals surface area contributed by atoms with Crippen molar-refractivity contribution in [2.75, 3.05) is 17.3 Å². The lowest BCUT2D eigenvalue weighted by Gasteiger charge is -2.29. The molecule has 2 heterocycles. The van der Waals surface area contributed by atoms with Gasteiger partial charge in [0, 0.05) is 26.6 Å². The van der Waals surface area contributed by atoms with Crippen molar-refractivity contribution in [3.63, 3.8) is 0 Å². The summed E-state index contributed by atoms with van der Waals surface area (Å²) >= 11 is 3.69. The first-order valence-corrected chi connectivity index (χ1v) is 12.0. The summed E-state index contributed by atoms with van der Waals surface area (Å²) < 4.78 is 0. The summed E-state index contributed by atoms with van der Waals surface area (Å²) in [5, 5.41) is 3.47. The fraction of sp³-hybridized carbons (Fsp3) is 0.111. The second-order valence-corrected chi connectivity index (χ2v) is 9.99. The maximum atomic E-state index is 3.47. The highest BCUT2D eigenvalue weighted by molar-refractivity contribution is 8.00. The summed E-state index contributed by atoms with van der Waals surface area (Å²) in [5.41, 5.74) is 7.63. The Balaban J connectivity index is 0.000000132. The molecule has 0 aromatic heterocycles. The lowest BCUT2D eigenvalue weighted by Crippen LogP contribution is -2.14. The lowest BCUT2D eigenvalue weighted by molar-refractivity contribution is 1.11. The molecular formula is C27H24N2S2. The van der Waals surface area contributed by atoms with Crippen LogP contribution in [0.2, 0.25) is 0 Å². The van der Waals surface area contributed by atoms with Gasteiger partial charge in [-0.1, -0.05) is 59.9 Å². The van der Waals surface area contributed by atoms with Crippen molar-refractivity contribution in [2.45, 2.75) is 33.4 Å². The van der Waals surface area contributed by atoms with Gasteiger partial charge in [-0.25, -0.2) is 0 Å². The number of benzene rings is 4. The quantitative estimate of drug-likeness (QED) is 0.260. The van der Waals surface area contributed by atoms with E-state index in [1.54, 1.807) is 0 Å². The van der Waals surface area contributed by atoms with Gasteiger partial charge in [-0.2, -0.15) is 0 Å². The van der Waals surface area contributed by atoms with E-state index < -0.39 is 0 Å². The molecule has 0 spiro atoms. The molecule has 2 aliphatic heterocycles. The zero-order valence-electron chi connectivity index (χ0n) is 17.8. The summed E-state index contributed by atoms with van der Waals surface area (Å²) in [6.07, 6.45) is 0. The van der Waals surface area contributed by atoms with Gasteiger partial charge in [-0.3, -0.25) is 0 Å². The maximum absolute atomic E-state index is 3.47. The van der Waals surface area contributed by atoms with Gasteiger partial charge in [-0.05, 0) is 73.5 Å². The molecule has 4 heteroatoms. The Bertz CT molecular complexity index is 1170. The first-order valence-electron chi connectivity index (χ1n) is 10.3. The predicted octanol–water partition coefficient (Wildman–Crippen LogP) is 8.43. The molecule has 0 saturated heterocycles. The van der Waals surface area contributed by atoms with E-state index in [-0.39, 0.29) is 0 Å². The Labute approximate surface area is 192 Å². The normalized spacial score (nSPS) is 12.9. The predicted molar refractivity (Wildman–Crippen MR) is 135 cm³/mol. The second kappa shape index (κ2) is 8.37. The zero-order chi connectivity index (χ0) is 21.4. The third-order valence-corrected chi connectivity index (χ3v) is 7.68. The minimum absolute atomic E-state index is 1.21. The average molecular weight is 441 g/mol. The molecule has 4 aromatic carbocycles. The van der Waals surface area contributed by atoms with Crippen LogP contribution in [-0.2, 0) is 0 Å². The highest BCUT2D eigenvalue weighted by Gasteiger charge is 2.19. The van der Waals surface area contributed by atoms with Crippen molar-refractivity contribution < 1.29 is 0 Å². The molecule has 31 heavy (non-hydrogen) atoms. The van der Waals surface area contributed by atoms with Crippen molar-refractivity contribution >= 4 is 46.3 Å². The molecule has 6 rings (SSSR count). The molecule has 0 radical (unpaired) electrons. The molecule has 0 aliphatic carbocycles. The summed E-state index contributed by atoms with van der Waals surface area (Å²) in [5.74, 6) is 0. The van der Waals surface area contributed by atoms with Gasteiger partial charge in [0.1, 0.15) is 0 Å². The monoisotopic (exact) mass is 440 g/mol. The number of anilines is 4. The molecule has 0 unspecified atom stereocenters. The summed E-state index contributed by atoms with van der Waals surface area (Å²) in [6, 6.07) is 30.1. The number of hydrogen-bond acceptors (Lipinski definition) is 4. The van der Waals surface area contributed by atoms with E-state index in [1.165, 1.54) is 53.5 Å². The van der Waals surface area contributed by atoms with Gasteiger partial charge < -0.3 is 10.2 Å². The van der Waals surface area contributed by atoms with E-state index in [1.807, 2.05) is 23.5 Å². The van der Waals surface area contributed by atoms with E-state index >= 15 is 0 Å². The Hall–Kier alpha value is -2.82. The molecule has 4 aromatic rings. The lowest BCUT2D eigenvalue weighted by atomic mass is 10.2. The first-order chi connectivity index (χ1) is 15.1. The van der Waals surface area contributed by atoms with Crippen LogP contribution in [0.3, 0.4) is 0 Å². The first kappa shape index (κ1) is 20.1. The van der Waals surface area contributed by atoms with Crippen molar-refractivity contribution in [3.05, 3.63) is 96.1 Å². The van der Waals surface area contributed by atoms with E-state index in [0.29, 0.717) is 0 Å². The van der Waals surface area contributed by atoms with E-state index in [9.17, 15) is 0 Å². The van der Waals surface area contributed by atoms with Gasteiger partial charge in [0.15, 0.2) is 0 Å². The van der Waals surface area contributed by atoms with E-state index in [0.717, 1.165) is 0 Å². The van der Waals surface area contributed by atoms with Crippen molar-refractivity contribution in [2.24, 2.45) is 0 Å². The van der Waals surface area contributed by atoms with Crippen LogP contribution >= 0.6 is 23.5 Å². The number of nitrogens with zero attached hydrogens (tertiary/aromatic N) is 1. The largest absolute Gasteiger partial charge is 0.354 e. The third kappa shape index (κ3) is 4.06. The molecule has 0 fully saturated rings. The number of nitrogens with one attached hydrogen (secondary N) is 1. The highest BCUT2D eigenvalue weighted by Crippen LogP contribution is 2.47. The molecule has 2 aliphatic rings. The molecule has 2 nitrogen and oxygen atoms in total. The van der Waals surface area contributed by atoms with E-state index in [4.69, 9.17) is 0 Å². The van der Waals surface area contributed by atoms with Crippen LogP contribution in [0.1, 0.15) is 11.1 Å². The van der Waals surface area contributed by atoms with Crippen LogP contribution < -0.4 is 10.2 Å². The standard InChI is InChI=1S/C14H13NS.C13H11NS/c1-9-3-5-11-13(7-9)16-14-8-10(2)4-6-12(14)15-11;1-14-10-6-2-4-8-12(10)15-13-9-5-3-7-11(13)14/h3-8,15H,1-2H3;2-9H,1H3. The fourth-order valence-electron chi connectivity index (χ4n) is 3.79. The van der Waals surface area contributed by atoms with Crippen molar-refractivity contribution in [1.82, 2.24) is 0 Å². The van der Waals surface area contributed by atoms with Crippen LogP contribution in [0, 0.1) is 13.8 Å². The topological polar surface area (TPSA) is 15.3 Å². The SMILES string of the molecule is CN1c2ccccc2Sc2ccccc21.Cc1ccc2c(c1)Sc1cc(C)ccc1N2. The van der Waals surface area contributed by atoms with Crippen LogP contribution in [0.25, 0.3) is 0 Å². The van der Waals surface area contributed by atoms with Crippen molar-refractivity contribution in [1.29, 1.82) is 0 Å². The Morgan fingerprint density at radius 2 is 1.03 bits per heavy atom. The Kier molecular flexibility index (Phi) is 5.43. The highest BCUT2D eigenvalue weighted by atomic mass is 32.2.